The molecule has 0 radical (unpaired) electrons. The van der Waals surface area contributed by atoms with Gasteiger partial charge in [0.15, 0.2) is 0 Å². The number of carbonyl (C=O) groups excluding carboxylic acids is 1. The fourth-order valence-corrected chi connectivity index (χ4v) is 2.91. The molecule has 5 nitrogen and oxygen atoms in total. The second-order valence-electron chi connectivity index (χ2n) is 9.76. The first-order chi connectivity index (χ1) is 12.9. The van der Waals surface area contributed by atoms with Crippen LogP contribution in [0.3, 0.4) is 0 Å². The summed E-state index contributed by atoms with van der Waals surface area (Å²) in [5.41, 5.74) is 0.978. The van der Waals surface area contributed by atoms with Gasteiger partial charge < -0.3 is 14.0 Å². The van der Waals surface area contributed by atoms with Crippen LogP contribution in [0.5, 0.6) is 0 Å². The molecule has 1 saturated carbocycles. The van der Waals surface area contributed by atoms with Crippen LogP contribution in [-0.2, 0) is 14.0 Å². The van der Waals surface area contributed by atoms with Crippen molar-refractivity contribution in [3.8, 4) is 0 Å². The molecule has 6 heteroatoms. The lowest BCUT2D eigenvalue weighted by molar-refractivity contribution is 0.00578. The quantitative estimate of drug-likeness (QED) is 0.760. The fraction of sp³-hybridized carbons (Fsp3) is 0.591. The lowest BCUT2D eigenvalue weighted by Crippen LogP contribution is -2.41. The molecule has 1 heterocycles. The maximum Gasteiger partial charge on any atom is 0.496 e. The van der Waals surface area contributed by atoms with E-state index in [1.807, 2.05) is 66.7 Å². The molecule has 152 valence electrons. The van der Waals surface area contributed by atoms with E-state index in [1.54, 1.807) is 0 Å². The van der Waals surface area contributed by atoms with Crippen molar-refractivity contribution in [1.29, 1.82) is 0 Å². The van der Waals surface area contributed by atoms with Crippen LogP contribution in [-0.4, -0.2) is 30.0 Å². The summed E-state index contributed by atoms with van der Waals surface area (Å²) >= 11 is 0. The minimum absolute atomic E-state index is 0.453. The zero-order chi connectivity index (χ0) is 20.7. The molecule has 1 amide bonds. The smallest absolute Gasteiger partial charge is 0.444 e. The van der Waals surface area contributed by atoms with Crippen molar-refractivity contribution in [1.82, 2.24) is 0 Å². The predicted molar refractivity (Wildman–Crippen MR) is 114 cm³/mol. The molecule has 1 aliphatic carbocycles. The number of hydrogen-bond donors (Lipinski definition) is 1. The van der Waals surface area contributed by atoms with Crippen molar-refractivity contribution in [2.75, 3.05) is 5.32 Å². The van der Waals surface area contributed by atoms with Crippen molar-refractivity contribution >= 4 is 30.4 Å². The maximum absolute atomic E-state index is 12.4. The lowest BCUT2D eigenvalue weighted by atomic mass is 9.77. The van der Waals surface area contributed by atoms with Crippen LogP contribution in [0.1, 0.15) is 66.9 Å². The Balaban J connectivity index is 1.88. The monoisotopic (exact) mass is 385 g/mol. The molecule has 0 bridgehead atoms. The highest BCUT2D eigenvalue weighted by atomic mass is 16.7. The van der Waals surface area contributed by atoms with Gasteiger partial charge in [0, 0.05) is 11.2 Å². The van der Waals surface area contributed by atoms with Crippen molar-refractivity contribution in [3.63, 3.8) is 0 Å². The first kappa shape index (κ1) is 20.9. The average molecular weight is 385 g/mol. The van der Waals surface area contributed by atoms with Crippen LogP contribution in [0, 0.1) is 5.92 Å². The highest BCUT2D eigenvalue weighted by molar-refractivity contribution is 6.64. The van der Waals surface area contributed by atoms with Gasteiger partial charge in [-0.1, -0.05) is 24.3 Å². The van der Waals surface area contributed by atoms with Crippen LogP contribution in [0.15, 0.2) is 24.3 Å². The molecule has 28 heavy (non-hydrogen) atoms. The molecule has 1 aliphatic heterocycles. The van der Waals surface area contributed by atoms with Gasteiger partial charge in [-0.2, -0.15) is 0 Å². The SMILES string of the molecule is CC(C)(C)OC(=O)Nc1cc(C=CC2CC2)ccc1B1OC(C)(C)C(C)(C)O1. The Morgan fingerprint density at radius 1 is 1.18 bits per heavy atom. The Bertz CT molecular complexity index is 759. The van der Waals surface area contributed by atoms with Crippen LogP contribution in [0.2, 0.25) is 0 Å². The summed E-state index contributed by atoms with van der Waals surface area (Å²) in [6, 6.07) is 5.93. The molecular weight excluding hydrogens is 353 g/mol. The van der Waals surface area contributed by atoms with Gasteiger partial charge in [-0.15, -0.1) is 0 Å². The average Bonchev–Trinajstić information content (AvgIpc) is 3.30. The van der Waals surface area contributed by atoms with Gasteiger partial charge in [-0.05, 0) is 78.9 Å². The second kappa shape index (κ2) is 7.23. The summed E-state index contributed by atoms with van der Waals surface area (Å²) in [4.78, 5) is 12.4. The minimum atomic E-state index is -0.571. The summed E-state index contributed by atoms with van der Waals surface area (Å²) < 4.78 is 17.8. The molecule has 0 spiro atoms. The number of nitrogens with one attached hydrogen (secondary N) is 1. The molecule has 1 saturated heterocycles. The molecule has 2 aliphatic rings. The van der Waals surface area contributed by atoms with E-state index in [0.717, 1.165) is 11.0 Å². The highest BCUT2D eigenvalue weighted by Gasteiger charge is 2.52. The predicted octanol–water partition coefficient (Wildman–Crippen LogP) is 4.76. The van der Waals surface area contributed by atoms with Gasteiger partial charge in [0.05, 0.1) is 11.2 Å². The van der Waals surface area contributed by atoms with E-state index in [1.165, 1.54) is 12.8 Å². The Labute approximate surface area is 169 Å². The first-order valence-corrected chi connectivity index (χ1v) is 10.0. The van der Waals surface area contributed by atoms with Gasteiger partial charge in [0.2, 0.25) is 0 Å². The number of ether oxygens (including phenoxy) is 1. The van der Waals surface area contributed by atoms with E-state index in [-0.39, 0.29) is 0 Å². The molecule has 1 aromatic carbocycles. The fourth-order valence-electron chi connectivity index (χ4n) is 2.91. The van der Waals surface area contributed by atoms with Gasteiger partial charge in [-0.3, -0.25) is 5.32 Å². The normalized spacial score (nSPS) is 21.2. The van der Waals surface area contributed by atoms with Crippen LogP contribution in [0.4, 0.5) is 10.5 Å². The Morgan fingerprint density at radius 3 is 2.32 bits per heavy atom. The van der Waals surface area contributed by atoms with Crippen LogP contribution >= 0.6 is 0 Å². The molecule has 2 fully saturated rings. The number of amides is 1. The number of benzene rings is 1. The summed E-state index contributed by atoms with van der Waals surface area (Å²) in [6.07, 6.45) is 6.35. The molecule has 0 atom stereocenters. The van der Waals surface area contributed by atoms with Crippen LogP contribution < -0.4 is 10.8 Å². The van der Waals surface area contributed by atoms with E-state index in [9.17, 15) is 4.79 Å². The third kappa shape index (κ3) is 4.98. The van der Waals surface area contributed by atoms with Crippen molar-refractivity contribution < 1.29 is 18.8 Å². The topological polar surface area (TPSA) is 56.8 Å². The third-order valence-electron chi connectivity index (χ3n) is 5.40. The van der Waals surface area contributed by atoms with Gasteiger partial charge in [0.25, 0.3) is 0 Å². The molecule has 0 unspecified atom stereocenters. The number of rotatable bonds is 4. The molecule has 1 N–H and O–H groups in total. The largest absolute Gasteiger partial charge is 0.496 e. The van der Waals surface area contributed by atoms with Gasteiger partial charge >= 0.3 is 13.2 Å². The summed E-state index contributed by atoms with van der Waals surface area (Å²) in [6.45, 7) is 13.6. The Morgan fingerprint density at radius 2 is 1.79 bits per heavy atom. The minimum Gasteiger partial charge on any atom is -0.444 e. The molecule has 1 aromatic rings. The van der Waals surface area contributed by atoms with E-state index < -0.39 is 30.0 Å². The number of carbonyl (C=O) groups is 1. The maximum atomic E-state index is 12.4. The number of allylic oxidation sites excluding steroid dienone is 1. The number of anilines is 1. The van der Waals surface area contributed by atoms with E-state index in [0.29, 0.717) is 11.6 Å². The van der Waals surface area contributed by atoms with Gasteiger partial charge in [-0.25, -0.2) is 4.79 Å². The Kier molecular flexibility index (Phi) is 5.41. The van der Waals surface area contributed by atoms with Gasteiger partial charge in [0.1, 0.15) is 5.60 Å². The van der Waals surface area contributed by atoms with Crippen molar-refractivity contribution in [2.24, 2.45) is 5.92 Å². The van der Waals surface area contributed by atoms with E-state index in [2.05, 4.69) is 17.5 Å². The lowest BCUT2D eigenvalue weighted by Gasteiger charge is -2.32. The van der Waals surface area contributed by atoms with Crippen molar-refractivity contribution in [3.05, 3.63) is 29.8 Å². The van der Waals surface area contributed by atoms with E-state index in [4.69, 9.17) is 14.0 Å². The van der Waals surface area contributed by atoms with Crippen LogP contribution in [0.25, 0.3) is 6.08 Å². The highest BCUT2D eigenvalue weighted by Crippen LogP contribution is 2.37. The molecule has 3 rings (SSSR count). The van der Waals surface area contributed by atoms with E-state index >= 15 is 0 Å². The zero-order valence-corrected chi connectivity index (χ0v) is 18.1. The summed E-state index contributed by atoms with van der Waals surface area (Å²) in [5.74, 6) is 0.685. The number of hydrogen-bond acceptors (Lipinski definition) is 4. The summed E-state index contributed by atoms with van der Waals surface area (Å²) in [7, 11) is -0.559. The Hall–Kier alpha value is -1.79. The van der Waals surface area contributed by atoms with Crippen molar-refractivity contribution in [2.45, 2.75) is 78.1 Å². The zero-order valence-electron chi connectivity index (χ0n) is 18.1. The molecule has 0 aromatic heterocycles. The summed E-state index contributed by atoms with van der Waals surface area (Å²) in [5, 5.41) is 2.89. The first-order valence-electron chi connectivity index (χ1n) is 10.0. The molecular formula is C22H32BNO4. The second-order valence-corrected chi connectivity index (χ2v) is 9.76. The standard InChI is InChI=1S/C22H32BNO4/c1-20(2,3)26-19(25)24-18-14-16(11-10-15-8-9-15)12-13-17(18)23-27-21(4,5)22(6,7)28-23/h10-15H,8-9H2,1-7H3,(H,24,25). The third-order valence-corrected chi connectivity index (χ3v) is 5.40.